The van der Waals surface area contributed by atoms with Crippen LogP contribution in [0.25, 0.3) is 0 Å². The lowest BCUT2D eigenvalue weighted by Gasteiger charge is -2.10. The van der Waals surface area contributed by atoms with E-state index in [9.17, 15) is 0 Å². The summed E-state index contributed by atoms with van der Waals surface area (Å²) in [5.41, 5.74) is 8.09. The fraction of sp³-hybridized carbons (Fsp3) is 0.455. The highest BCUT2D eigenvalue weighted by Crippen LogP contribution is 2.15. The van der Waals surface area contributed by atoms with Crippen molar-refractivity contribution in [2.75, 3.05) is 13.7 Å². The van der Waals surface area contributed by atoms with Crippen molar-refractivity contribution in [2.24, 2.45) is 5.73 Å². The summed E-state index contributed by atoms with van der Waals surface area (Å²) in [5, 5.41) is 0. The van der Waals surface area contributed by atoms with Crippen molar-refractivity contribution in [3.05, 3.63) is 35.4 Å². The van der Waals surface area contributed by atoms with E-state index in [-0.39, 0.29) is 0 Å². The third-order valence-electron chi connectivity index (χ3n) is 2.18. The fourth-order valence-corrected chi connectivity index (χ4v) is 1.29. The summed E-state index contributed by atoms with van der Waals surface area (Å²) < 4.78 is 5.07. The van der Waals surface area contributed by atoms with Crippen LogP contribution in [0.4, 0.5) is 0 Å². The van der Waals surface area contributed by atoms with E-state index in [0.717, 1.165) is 0 Å². The minimum absolute atomic E-state index is 0.428. The predicted octanol–water partition coefficient (Wildman–Crippen LogP) is 1.90. The van der Waals surface area contributed by atoms with Gasteiger partial charge in [-0.1, -0.05) is 31.2 Å². The second-order valence-electron chi connectivity index (χ2n) is 3.31. The minimum Gasteiger partial charge on any atom is -0.380 e. The average Bonchev–Trinajstić information content (AvgIpc) is 2.18. The van der Waals surface area contributed by atoms with E-state index in [4.69, 9.17) is 10.5 Å². The number of nitrogens with two attached hydrogens (primary N) is 1. The SMILES string of the molecule is COCc1cccc(C(C)CN)c1. The second-order valence-corrected chi connectivity index (χ2v) is 3.31. The molecule has 2 N–H and O–H groups in total. The third-order valence-corrected chi connectivity index (χ3v) is 2.18. The van der Waals surface area contributed by atoms with Gasteiger partial charge in [-0.3, -0.25) is 0 Å². The summed E-state index contributed by atoms with van der Waals surface area (Å²) in [6.07, 6.45) is 0. The number of ether oxygens (including phenoxy) is 1. The van der Waals surface area contributed by atoms with Gasteiger partial charge in [0.2, 0.25) is 0 Å². The first kappa shape index (κ1) is 10.2. The Labute approximate surface area is 79.7 Å². The normalized spacial score (nSPS) is 12.8. The van der Waals surface area contributed by atoms with E-state index in [2.05, 4.69) is 31.2 Å². The molecule has 1 aromatic carbocycles. The number of rotatable bonds is 4. The average molecular weight is 179 g/mol. The summed E-state index contributed by atoms with van der Waals surface area (Å²) >= 11 is 0. The van der Waals surface area contributed by atoms with Crippen molar-refractivity contribution in [1.82, 2.24) is 0 Å². The van der Waals surface area contributed by atoms with Crippen LogP contribution in [-0.4, -0.2) is 13.7 Å². The lowest BCUT2D eigenvalue weighted by molar-refractivity contribution is 0.185. The van der Waals surface area contributed by atoms with Crippen LogP contribution in [0.15, 0.2) is 24.3 Å². The Bertz CT molecular complexity index is 260. The smallest absolute Gasteiger partial charge is 0.0713 e. The molecule has 13 heavy (non-hydrogen) atoms. The van der Waals surface area contributed by atoms with E-state index in [0.29, 0.717) is 19.1 Å². The lowest BCUT2D eigenvalue weighted by atomic mass is 9.99. The van der Waals surface area contributed by atoms with E-state index in [1.165, 1.54) is 11.1 Å². The molecule has 0 saturated carbocycles. The molecular weight excluding hydrogens is 162 g/mol. The van der Waals surface area contributed by atoms with Crippen LogP contribution in [0.1, 0.15) is 24.0 Å². The predicted molar refractivity (Wildman–Crippen MR) is 54.6 cm³/mol. The first-order valence-electron chi connectivity index (χ1n) is 4.55. The number of hydrogen-bond donors (Lipinski definition) is 1. The highest BCUT2D eigenvalue weighted by Gasteiger charge is 2.02. The highest BCUT2D eigenvalue weighted by molar-refractivity contribution is 5.25. The van der Waals surface area contributed by atoms with Gasteiger partial charge in [-0.15, -0.1) is 0 Å². The number of methoxy groups -OCH3 is 1. The van der Waals surface area contributed by atoms with Crippen LogP contribution < -0.4 is 5.73 Å². The molecule has 0 saturated heterocycles. The zero-order chi connectivity index (χ0) is 9.68. The van der Waals surface area contributed by atoms with Crippen LogP contribution in [0, 0.1) is 0 Å². The fourth-order valence-electron chi connectivity index (χ4n) is 1.29. The van der Waals surface area contributed by atoms with Crippen molar-refractivity contribution >= 4 is 0 Å². The van der Waals surface area contributed by atoms with Crippen molar-refractivity contribution in [1.29, 1.82) is 0 Å². The van der Waals surface area contributed by atoms with E-state index >= 15 is 0 Å². The molecule has 0 amide bonds. The molecular formula is C11H17NO. The van der Waals surface area contributed by atoms with Gasteiger partial charge in [0.05, 0.1) is 6.61 Å². The van der Waals surface area contributed by atoms with E-state index in [1.54, 1.807) is 7.11 Å². The molecule has 1 aromatic rings. The van der Waals surface area contributed by atoms with Crippen LogP contribution in [0.5, 0.6) is 0 Å². The molecule has 0 fully saturated rings. The Morgan fingerprint density at radius 1 is 1.46 bits per heavy atom. The summed E-state index contributed by atoms with van der Waals surface area (Å²) in [4.78, 5) is 0. The van der Waals surface area contributed by atoms with Gasteiger partial charge in [-0.2, -0.15) is 0 Å². The summed E-state index contributed by atoms with van der Waals surface area (Å²) in [6.45, 7) is 3.49. The van der Waals surface area contributed by atoms with Gasteiger partial charge in [0.1, 0.15) is 0 Å². The summed E-state index contributed by atoms with van der Waals surface area (Å²) in [6, 6.07) is 8.38. The maximum atomic E-state index is 5.60. The van der Waals surface area contributed by atoms with Gasteiger partial charge in [0.15, 0.2) is 0 Å². The maximum Gasteiger partial charge on any atom is 0.0713 e. The molecule has 0 radical (unpaired) electrons. The van der Waals surface area contributed by atoms with Gasteiger partial charge in [0, 0.05) is 7.11 Å². The third kappa shape index (κ3) is 2.83. The molecule has 2 heteroatoms. The Balaban J connectivity index is 2.78. The quantitative estimate of drug-likeness (QED) is 0.766. The molecule has 0 bridgehead atoms. The Morgan fingerprint density at radius 3 is 2.85 bits per heavy atom. The monoisotopic (exact) mass is 179 g/mol. The molecule has 2 nitrogen and oxygen atoms in total. The highest BCUT2D eigenvalue weighted by atomic mass is 16.5. The zero-order valence-corrected chi connectivity index (χ0v) is 8.29. The molecule has 0 heterocycles. The van der Waals surface area contributed by atoms with Crippen molar-refractivity contribution in [3.63, 3.8) is 0 Å². The van der Waals surface area contributed by atoms with Crippen LogP contribution in [0.2, 0.25) is 0 Å². The molecule has 1 rings (SSSR count). The zero-order valence-electron chi connectivity index (χ0n) is 8.29. The van der Waals surface area contributed by atoms with Gasteiger partial charge in [0.25, 0.3) is 0 Å². The molecule has 0 spiro atoms. The molecule has 0 aliphatic rings. The van der Waals surface area contributed by atoms with Gasteiger partial charge in [-0.05, 0) is 23.6 Å². The van der Waals surface area contributed by atoms with Gasteiger partial charge < -0.3 is 10.5 Å². The molecule has 0 aliphatic heterocycles. The van der Waals surface area contributed by atoms with Gasteiger partial charge in [-0.25, -0.2) is 0 Å². The minimum atomic E-state index is 0.428. The first-order chi connectivity index (χ1) is 6.27. The summed E-state index contributed by atoms with van der Waals surface area (Å²) in [7, 11) is 1.71. The second kappa shape index (κ2) is 5.00. The van der Waals surface area contributed by atoms with Crippen LogP contribution >= 0.6 is 0 Å². The largest absolute Gasteiger partial charge is 0.380 e. The molecule has 1 unspecified atom stereocenters. The molecule has 72 valence electrons. The number of hydrogen-bond acceptors (Lipinski definition) is 2. The van der Waals surface area contributed by atoms with Crippen molar-refractivity contribution in [2.45, 2.75) is 19.4 Å². The van der Waals surface area contributed by atoms with Crippen molar-refractivity contribution in [3.8, 4) is 0 Å². The Kier molecular flexibility index (Phi) is 3.93. The topological polar surface area (TPSA) is 35.2 Å². The van der Waals surface area contributed by atoms with Gasteiger partial charge >= 0.3 is 0 Å². The number of benzene rings is 1. The van der Waals surface area contributed by atoms with Crippen LogP contribution in [0.3, 0.4) is 0 Å². The first-order valence-corrected chi connectivity index (χ1v) is 4.55. The summed E-state index contributed by atoms with van der Waals surface area (Å²) in [5.74, 6) is 0.428. The van der Waals surface area contributed by atoms with E-state index < -0.39 is 0 Å². The van der Waals surface area contributed by atoms with Crippen molar-refractivity contribution < 1.29 is 4.74 Å². The maximum absolute atomic E-state index is 5.60. The molecule has 0 aromatic heterocycles. The Hall–Kier alpha value is -0.860. The van der Waals surface area contributed by atoms with E-state index in [1.807, 2.05) is 0 Å². The standard InChI is InChI=1S/C11H17NO/c1-9(7-12)11-5-3-4-10(6-11)8-13-2/h3-6,9H,7-8,12H2,1-2H3. The van der Waals surface area contributed by atoms with Crippen LogP contribution in [-0.2, 0) is 11.3 Å². The Morgan fingerprint density at radius 2 is 2.23 bits per heavy atom. The molecule has 0 aliphatic carbocycles. The lowest BCUT2D eigenvalue weighted by Crippen LogP contribution is -2.09. The molecule has 1 atom stereocenters.